The van der Waals surface area contributed by atoms with Crippen molar-refractivity contribution in [2.45, 2.75) is 53.0 Å². The summed E-state index contributed by atoms with van der Waals surface area (Å²) < 4.78 is 2.40. The molecule has 0 saturated heterocycles. The molecule has 0 fully saturated rings. The van der Waals surface area contributed by atoms with Gasteiger partial charge >= 0.3 is 0 Å². The molecule has 0 saturated carbocycles. The summed E-state index contributed by atoms with van der Waals surface area (Å²) in [7, 11) is 0. The molecule has 1 aromatic heterocycles. The van der Waals surface area contributed by atoms with Crippen molar-refractivity contribution in [2.75, 3.05) is 0 Å². The largest absolute Gasteiger partial charge is 0.220 e. The van der Waals surface area contributed by atoms with Gasteiger partial charge in [0.15, 0.2) is 6.20 Å². The van der Waals surface area contributed by atoms with E-state index in [-0.39, 0.29) is 5.41 Å². The molecule has 0 atom stereocenters. The SMILES string of the molecule is CCc1cc(-c2ccccc2)ccc1-c1c2ccc3cc(C(C)(C)C)ccc3c2cc[n+]1CC. The lowest BCUT2D eigenvalue weighted by molar-refractivity contribution is -0.681. The van der Waals surface area contributed by atoms with Crippen molar-refractivity contribution < 1.29 is 4.57 Å². The minimum atomic E-state index is 0.146. The van der Waals surface area contributed by atoms with Crippen LogP contribution in [0.1, 0.15) is 45.7 Å². The maximum Gasteiger partial charge on any atom is 0.220 e. The van der Waals surface area contributed by atoms with Crippen LogP contribution < -0.4 is 4.57 Å². The second kappa shape index (κ2) is 8.72. The van der Waals surface area contributed by atoms with Crippen molar-refractivity contribution in [3.63, 3.8) is 0 Å². The Morgan fingerprint density at radius 1 is 0.676 bits per heavy atom. The van der Waals surface area contributed by atoms with Gasteiger partial charge in [-0.1, -0.05) is 94.4 Å². The van der Waals surface area contributed by atoms with Gasteiger partial charge in [-0.25, -0.2) is 0 Å². The molecule has 4 aromatic carbocycles. The van der Waals surface area contributed by atoms with E-state index in [0.717, 1.165) is 13.0 Å². The van der Waals surface area contributed by atoms with Crippen LogP contribution in [0.25, 0.3) is 43.9 Å². The van der Waals surface area contributed by atoms with E-state index in [1.807, 2.05) is 0 Å². The number of pyridine rings is 1. The maximum absolute atomic E-state index is 2.40. The summed E-state index contributed by atoms with van der Waals surface area (Å²) in [6.45, 7) is 12.3. The van der Waals surface area contributed by atoms with Crippen molar-refractivity contribution in [3.05, 3.63) is 102 Å². The molecule has 0 spiro atoms. The summed E-state index contributed by atoms with van der Waals surface area (Å²) in [5.74, 6) is 0. The number of aromatic nitrogens is 1. The summed E-state index contributed by atoms with van der Waals surface area (Å²) in [5, 5.41) is 5.29. The van der Waals surface area contributed by atoms with E-state index in [4.69, 9.17) is 0 Å². The van der Waals surface area contributed by atoms with E-state index < -0.39 is 0 Å². The second-order valence-corrected chi connectivity index (χ2v) is 10.3. The van der Waals surface area contributed by atoms with Gasteiger partial charge in [-0.15, -0.1) is 0 Å². The van der Waals surface area contributed by atoms with E-state index in [1.54, 1.807) is 0 Å². The van der Waals surface area contributed by atoms with E-state index >= 15 is 0 Å². The van der Waals surface area contributed by atoms with Crippen LogP contribution in [0.4, 0.5) is 0 Å². The minimum Gasteiger partial charge on any atom is -0.198 e. The van der Waals surface area contributed by atoms with Gasteiger partial charge in [0, 0.05) is 11.5 Å². The summed E-state index contributed by atoms with van der Waals surface area (Å²) in [4.78, 5) is 0. The van der Waals surface area contributed by atoms with Crippen LogP contribution in [0.15, 0.2) is 91.1 Å². The number of nitrogens with zero attached hydrogens (tertiary/aromatic N) is 1. The molecule has 1 heteroatoms. The topological polar surface area (TPSA) is 3.88 Å². The molecular formula is C33H34N+. The van der Waals surface area contributed by atoms with Gasteiger partial charge in [-0.2, -0.15) is 4.57 Å². The van der Waals surface area contributed by atoms with Crippen molar-refractivity contribution in [1.82, 2.24) is 0 Å². The smallest absolute Gasteiger partial charge is 0.198 e. The lowest BCUT2D eigenvalue weighted by Crippen LogP contribution is -2.35. The molecule has 1 heterocycles. The number of fused-ring (bicyclic) bond motifs is 3. The average molecular weight is 445 g/mol. The zero-order chi connectivity index (χ0) is 23.9. The molecule has 0 unspecified atom stereocenters. The number of hydrogen-bond acceptors (Lipinski definition) is 0. The van der Waals surface area contributed by atoms with Gasteiger partial charge in [-0.05, 0) is 63.9 Å². The molecule has 0 aliphatic rings. The zero-order valence-electron chi connectivity index (χ0n) is 21.0. The van der Waals surface area contributed by atoms with E-state index in [1.165, 1.54) is 55.1 Å². The third kappa shape index (κ3) is 3.90. The third-order valence-electron chi connectivity index (χ3n) is 7.08. The molecule has 0 radical (unpaired) electrons. The fraction of sp³-hybridized carbons (Fsp3) is 0.242. The standard InChI is InChI=1S/C33H34N/c1-6-23-21-25(24-11-9-8-10-12-24)13-16-29(23)32-31-17-14-26-22-27(33(3,4)5)15-18-28(26)30(31)19-20-34(32)7-2/h8-22H,6-7H2,1-5H3/q+1. The summed E-state index contributed by atoms with van der Waals surface area (Å²) in [6.07, 6.45) is 3.26. The van der Waals surface area contributed by atoms with Gasteiger partial charge in [-0.3, -0.25) is 0 Å². The molecule has 0 aliphatic carbocycles. The molecule has 0 aliphatic heterocycles. The Kier molecular flexibility index (Phi) is 5.73. The molecule has 34 heavy (non-hydrogen) atoms. The van der Waals surface area contributed by atoms with E-state index in [0.29, 0.717) is 0 Å². The predicted octanol–water partition coefficient (Wildman–Crippen LogP) is 8.49. The molecular weight excluding hydrogens is 410 g/mol. The van der Waals surface area contributed by atoms with Gasteiger partial charge in [0.25, 0.3) is 0 Å². The molecule has 0 amide bonds. The molecule has 5 rings (SSSR count). The van der Waals surface area contributed by atoms with Crippen LogP contribution in [-0.2, 0) is 18.4 Å². The lowest BCUT2D eigenvalue weighted by atomic mass is 9.85. The number of benzene rings is 4. The first-order valence-electron chi connectivity index (χ1n) is 12.5. The van der Waals surface area contributed by atoms with Crippen LogP contribution in [0, 0.1) is 0 Å². The van der Waals surface area contributed by atoms with Crippen molar-refractivity contribution in [1.29, 1.82) is 0 Å². The van der Waals surface area contributed by atoms with Crippen LogP contribution in [0.3, 0.4) is 0 Å². The average Bonchev–Trinajstić information content (AvgIpc) is 2.87. The molecule has 0 bridgehead atoms. The monoisotopic (exact) mass is 444 g/mol. The van der Waals surface area contributed by atoms with E-state index in [2.05, 4.69) is 130 Å². The number of rotatable bonds is 4. The number of hydrogen-bond donors (Lipinski definition) is 0. The van der Waals surface area contributed by atoms with Crippen LogP contribution >= 0.6 is 0 Å². The fourth-order valence-corrected chi connectivity index (χ4v) is 5.09. The van der Waals surface area contributed by atoms with Crippen molar-refractivity contribution in [3.8, 4) is 22.4 Å². The summed E-state index contributed by atoms with van der Waals surface area (Å²) >= 11 is 0. The molecule has 1 nitrogen and oxygen atoms in total. The van der Waals surface area contributed by atoms with Crippen LogP contribution in [-0.4, -0.2) is 0 Å². The quantitative estimate of drug-likeness (QED) is 0.193. The number of aryl methyl sites for hydroxylation is 2. The highest BCUT2D eigenvalue weighted by atomic mass is 14.9. The Labute approximate surface area is 203 Å². The highest BCUT2D eigenvalue weighted by Gasteiger charge is 2.21. The van der Waals surface area contributed by atoms with Gasteiger partial charge in [0.05, 0.1) is 10.9 Å². The second-order valence-electron chi connectivity index (χ2n) is 10.3. The molecule has 5 aromatic rings. The minimum absolute atomic E-state index is 0.146. The Hall–Kier alpha value is -3.45. The summed E-state index contributed by atoms with van der Waals surface area (Å²) in [6, 6.07) is 31.6. The zero-order valence-corrected chi connectivity index (χ0v) is 21.0. The maximum atomic E-state index is 2.40. The Morgan fingerprint density at radius 2 is 1.44 bits per heavy atom. The fourth-order valence-electron chi connectivity index (χ4n) is 5.09. The molecule has 0 N–H and O–H groups in total. The van der Waals surface area contributed by atoms with E-state index in [9.17, 15) is 0 Å². The normalized spacial score (nSPS) is 11.9. The van der Waals surface area contributed by atoms with Gasteiger partial charge < -0.3 is 0 Å². The van der Waals surface area contributed by atoms with Crippen LogP contribution in [0.2, 0.25) is 0 Å². The predicted molar refractivity (Wildman–Crippen MR) is 146 cm³/mol. The van der Waals surface area contributed by atoms with Crippen molar-refractivity contribution in [2.24, 2.45) is 0 Å². The Balaban J connectivity index is 1.75. The highest BCUT2D eigenvalue weighted by molar-refractivity contribution is 6.11. The Bertz CT molecular complexity index is 1490. The first kappa shape index (κ1) is 22.3. The molecule has 170 valence electrons. The Morgan fingerprint density at radius 3 is 2.15 bits per heavy atom. The lowest BCUT2D eigenvalue weighted by Gasteiger charge is -2.20. The van der Waals surface area contributed by atoms with Crippen molar-refractivity contribution >= 4 is 21.5 Å². The van der Waals surface area contributed by atoms with Gasteiger partial charge in [0.2, 0.25) is 5.69 Å². The van der Waals surface area contributed by atoms with Gasteiger partial charge in [0.1, 0.15) is 6.54 Å². The highest BCUT2D eigenvalue weighted by Crippen LogP contribution is 2.36. The first-order valence-corrected chi connectivity index (χ1v) is 12.5. The third-order valence-corrected chi connectivity index (χ3v) is 7.08. The first-order chi connectivity index (χ1) is 16.4. The van der Waals surface area contributed by atoms with Crippen LogP contribution in [0.5, 0.6) is 0 Å². The summed E-state index contributed by atoms with van der Waals surface area (Å²) in [5.41, 5.74) is 8.12.